The van der Waals surface area contributed by atoms with Gasteiger partial charge >= 0.3 is 0 Å². The molecule has 2 heterocycles. The Balaban J connectivity index is 2.00. The van der Waals surface area contributed by atoms with E-state index in [0.717, 1.165) is 37.0 Å². The fourth-order valence-electron chi connectivity index (χ4n) is 2.83. The van der Waals surface area contributed by atoms with Crippen molar-refractivity contribution in [1.29, 1.82) is 0 Å². The first-order valence-electron chi connectivity index (χ1n) is 8.00. The first-order valence-corrected chi connectivity index (χ1v) is 8.00. The van der Waals surface area contributed by atoms with Gasteiger partial charge in [-0.15, -0.1) is 0 Å². The van der Waals surface area contributed by atoms with E-state index in [1.54, 1.807) is 0 Å². The summed E-state index contributed by atoms with van der Waals surface area (Å²) in [6, 6.07) is 3.73. The van der Waals surface area contributed by atoms with Crippen LogP contribution in [0.25, 0.3) is 6.08 Å². The number of aliphatic hydroxyl groups is 1. The molecule has 22 heavy (non-hydrogen) atoms. The molecular formula is C19H26O3. The van der Waals surface area contributed by atoms with Crippen molar-refractivity contribution in [3.8, 4) is 0 Å². The number of allylic oxidation sites excluding steroid dienone is 1. The Morgan fingerprint density at radius 3 is 2.86 bits per heavy atom. The smallest absolute Gasteiger partial charge is 0.130 e. The summed E-state index contributed by atoms with van der Waals surface area (Å²) in [6.07, 6.45) is 8.51. The maximum absolute atomic E-state index is 9.07. The molecule has 0 saturated heterocycles. The average molecular weight is 302 g/mol. The third-order valence-electron chi connectivity index (χ3n) is 3.92. The largest absolute Gasteiger partial charge is 0.459 e. The van der Waals surface area contributed by atoms with E-state index in [1.807, 2.05) is 19.1 Å². The van der Waals surface area contributed by atoms with E-state index < -0.39 is 0 Å². The van der Waals surface area contributed by atoms with Gasteiger partial charge in [-0.25, -0.2) is 0 Å². The molecule has 0 bridgehead atoms. The Bertz CT molecular complexity index is 563. The number of rotatable bonds is 8. The van der Waals surface area contributed by atoms with Crippen LogP contribution >= 0.6 is 0 Å². The molecule has 1 aliphatic rings. The second kappa shape index (κ2) is 8.16. The molecule has 0 spiro atoms. The molecular weight excluding hydrogens is 276 g/mol. The van der Waals surface area contributed by atoms with Gasteiger partial charge < -0.3 is 14.3 Å². The van der Waals surface area contributed by atoms with Crippen molar-refractivity contribution < 1.29 is 14.3 Å². The average Bonchev–Trinajstić information content (AvgIpc) is 3.13. The maximum atomic E-state index is 9.07. The molecule has 2 rings (SSSR count). The molecule has 0 amide bonds. The van der Waals surface area contributed by atoms with Gasteiger partial charge in [-0.1, -0.05) is 37.1 Å². The van der Waals surface area contributed by atoms with E-state index in [1.165, 1.54) is 11.1 Å². The fourth-order valence-corrected chi connectivity index (χ4v) is 2.83. The van der Waals surface area contributed by atoms with Gasteiger partial charge in [0.25, 0.3) is 0 Å². The Kier molecular flexibility index (Phi) is 6.22. The number of hydrogen-bond donors (Lipinski definition) is 1. The van der Waals surface area contributed by atoms with E-state index in [0.29, 0.717) is 12.4 Å². The first kappa shape index (κ1) is 16.8. The van der Waals surface area contributed by atoms with E-state index in [-0.39, 0.29) is 12.7 Å². The van der Waals surface area contributed by atoms with Crippen molar-refractivity contribution in [2.24, 2.45) is 0 Å². The topological polar surface area (TPSA) is 42.6 Å². The van der Waals surface area contributed by atoms with Crippen LogP contribution in [0.3, 0.4) is 0 Å². The van der Waals surface area contributed by atoms with Gasteiger partial charge in [-0.2, -0.15) is 0 Å². The van der Waals surface area contributed by atoms with Crippen LogP contribution in [0.2, 0.25) is 0 Å². The highest BCUT2D eigenvalue weighted by Crippen LogP contribution is 2.27. The van der Waals surface area contributed by atoms with Crippen LogP contribution < -0.4 is 0 Å². The molecule has 1 aliphatic heterocycles. The molecule has 0 saturated carbocycles. The second-order valence-electron chi connectivity index (χ2n) is 5.82. The number of ether oxygens (including phenoxy) is 1. The summed E-state index contributed by atoms with van der Waals surface area (Å²) in [7, 11) is 0. The van der Waals surface area contributed by atoms with Gasteiger partial charge in [0.1, 0.15) is 18.1 Å². The van der Waals surface area contributed by atoms with E-state index in [9.17, 15) is 0 Å². The fraction of sp³-hybridized carbons (Fsp3) is 0.474. The Labute approximate surface area is 133 Å². The highest BCUT2D eigenvalue weighted by Gasteiger charge is 2.20. The number of furan rings is 1. The molecule has 1 atom stereocenters. The van der Waals surface area contributed by atoms with Crippen LogP contribution in [0.4, 0.5) is 0 Å². The lowest BCUT2D eigenvalue weighted by Gasteiger charge is -2.16. The van der Waals surface area contributed by atoms with Crippen LogP contribution in [-0.4, -0.2) is 17.8 Å². The molecule has 0 radical (unpaired) electrons. The quantitative estimate of drug-likeness (QED) is 0.761. The van der Waals surface area contributed by atoms with Crippen LogP contribution in [0.15, 0.2) is 45.9 Å². The van der Waals surface area contributed by atoms with Crippen LogP contribution in [0.1, 0.15) is 51.1 Å². The van der Waals surface area contributed by atoms with Crippen molar-refractivity contribution in [1.82, 2.24) is 0 Å². The van der Waals surface area contributed by atoms with E-state index in [2.05, 4.69) is 25.7 Å². The predicted octanol–water partition coefficient (Wildman–Crippen LogP) is 4.64. The van der Waals surface area contributed by atoms with Crippen molar-refractivity contribution in [2.45, 2.75) is 52.2 Å². The third-order valence-corrected chi connectivity index (χ3v) is 3.92. The van der Waals surface area contributed by atoms with E-state index >= 15 is 0 Å². The number of aliphatic hydroxyl groups excluding tert-OH is 1. The molecule has 3 heteroatoms. The van der Waals surface area contributed by atoms with Gasteiger partial charge in [0.2, 0.25) is 0 Å². The summed E-state index contributed by atoms with van der Waals surface area (Å²) < 4.78 is 11.3. The summed E-state index contributed by atoms with van der Waals surface area (Å²) in [5.74, 6) is 1.42. The lowest BCUT2D eigenvalue weighted by molar-refractivity contribution is 0.116. The van der Waals surface area contributed by atoms with Gasteiger partial charge in [0, 0.05) is 0 Å². The molecule has 0 aromatic carbocycles. The Morgan fingerprint density at radius 2 is 2.23 bits per heavy atom. The summed E-state index contributed by atoms with van der Waals surface area (Å²) in [6.45, 7) is 8.88. The first-order chi connectivity index (χ1) is 10.6. The molecule has 120 valence electrons. The zero-order valence-corrected chi connectivity index (χ0v) is 13.6. The maximum Gasteiger partial charge on any atom is 0.130 e. The summed E-state index contributed by atoms with van der Waals surface area (Å²) >= 11 is 0. The Morgan fingerprint density at radius 1 is 1.41 bits per heavy atom. The molecule has 0 aliphatic carbocycles. The normalized spacial score (nSPS) is 18.6. The minimum absolute atomic E-state index is 0.0559. The van der Waals surface area contributed by atoms with Crippen molar-refractivity contribution >= 4 is 6.08 Å². The summed E-state index contributed by atoms with van der Waals surface area (Å²) in [5, 5.41) is 9.07. The summed E-state index contributed by atoms with van der Waals surface area (Å²) in [4.78, 5) is 0. The molecule has 1 aromatic rings. The SMILES string of the molecule is C=C(C)C1=CCOC1CC/C(=C/c1ccc(CO)o1)CCC. The summed E-state index contributed by atoms with van der Waals surface area (Å²) in [5.41, 5.74) is 3.71. The predicted molar refractivity (Wildman–Crippen MR) is 89.4 cm³/mol. The Hall–Kier alpha value is -1.58. The molecule has 1 N–H and O–H groups in total. The minimum Gasteiger partial charge on any atom is -0.459 e. The minimum atomic E-state index is -0.0559. The zero-order valence-electron chi connectivity index (χ0n) is 13.6. The lowest BCUT2D eigenvalue weighted by Crippen LogP contribution is -2.11. The van der Waals surface area contributed by atoms with Crippen LogP contribution in [0, 0.1) is 0 Å². The number of hydrogen-bond acceptors (Lipinski definition) is 3. The van der Waals surface area contributed by atoms with Gasteiger partial charge in [-0.3, -0.25) is 0 Å². The standard InChI is InChI=1S/C19H26O3/c1-4-5-15(12-16-7-8-17(13-20)22-16)6-9-19-18(14(2)3)10-11-21-19/h7-8,10,12,19-20H,2,4-6,9,11,13H2,1,3H3/b15-12+. The van der Waals surface area contributed by atoms with Crippen LogP contribution in [-0.2, 0) is 11.3 Å². The molecule has 1 unspecified atom stereocenters. The van der Waals surface area contributed by atoms with E-state index in [4.69, 9.17) is 14.3 Å². The van der Waals surface area contributed by atoms with Crippen molar-refractivity contribution in [2.75, 3.05) is 6.61 Å². The molecule has 0 fully saturated rings. The monoisotopic (exact) mass is 302 g/mol. The van der Waals surface area contributed by atoms with Gasteiger partial charge in [0.05, 0.1) is 12.7 Å². The third kappa shape index (κ3) is 4.46. The van der Waals surface area contributed by atoms with Crippen molar-refractivity contribution in [3.05, 3.63) is 53.0 Å². The zero-order chi connectivity index (χ0) is 15.9. The van der Waals surface area contributed by atoms with Gasteiger partial charge in [0.15, 0.2) is 0 Å². The second-order valence-corrected chi connectivity index (χ2v) is 5.82. The lowest BCUT2D eigenvalue weighted by atomic mass is 9.96. The highest BCUT2D eigenvalue weighted by molar-refractivity contribution is 5.47. The molecule has 3 nitrogen and oxygen atoms in total. The van der Waals surface area contributed by atoms with Crippen molar-refractivity contribution in [3.63, 3.8) is 0 Å². The highest BCUT2D eigenvalue weighted by atomic mass is 16.5. The van der Waals surface area contributed by atoms with Gasteiger partial charge in [-0.05, 0) is 50.0 Å². The van der Waals surface area contributed by atoms with Crippen LogP contribution in [0.5, 0.6) is 0 Å². The molecule has 1 aromatic heterocycles.